The molecule has 0 spiro atoms. The maximum absolute atomic E-state index is 13.6. The van der Waals surface area contributed by atoms with E-state index in [0.717, 1.165) is 4.90 Å². The number of anilines is 3. The lowest BCUT2D eigenvalue weighted by molar-refractivity contribution is -0.137. The quantitative estimate of drug-likeness (QED) is 0.457. The number of aromatic nitrogens is 2. The second kappa shape index (κ2) is 9.00. The van der Waals surface area contributed by atoms with Crippen molar-refractivity contribution in [2.24, 2.45) is 0 Å². The molecule has 1 amide bonds. The molecule has 2 N–H and O–H groups in total. The molecule has 0 bridgehead atoms. The van der Waals surface area contributed by atoms with E-state index < -0.39 is 11.7 Å². The molecule has 0 aliphatic rings. The second-order valence-electron chi connectivity index (χ2n) is 5.36. The van der Waals surface area contributed by atoms with E-state index in [1.807, 2.05) is 0 Å². The average molecular weight is 402 g/mol. The molecule has 8 nitrogen and oxygen atoms in total. The van der Waals surface area contributed by atoms with Crippen molar-refractivity contribution in [1.82, 2.24) is 10.2 Å². The van der Waals surface area contributed by atoms with Crippen LogP contribution in [0.2, 0.25) is 0 Å². The highest BCUT2D eigenvalue weighted by Crippen LogP contribution is 2.21. The Morgan fingerprint density at radius 2 is 1.89 bits per heavy atom. The van der Waals surface area contributed by atoms with Gasteiger partial charge >= 0.3 is 23.8 Å². The number of para-hydroxylation sites is 1. The molecule has 1 heterocycles. The molecule has 3 rings (SSSR count). The predicted molar refractivity (Wildman–Crippen MR) is 101 cm³/mol. The van der Waals surface area contributed by atoms with Crippen LogP contribution in [0.1, 0.15) is 10.7 Å². The second-order valence-corrected chi connectivity index (χ2v) is 6.41. The third-order valence-electron chi connectivity index (χ3n) is 3.43. The van der Waals surface area contributed by atoms with Crippen molar-refractivity contribution in [2.45, 2.75) is 4.90 Å². The van der Waals surface area contributed by atoms with E-state index >= 15 is 0 Å². The summed E-state index contributed by atoms with van der Waals surface area (Å²) in [6.45, 7) is 0. The summed E-state index contributed by atoms with van der Waals surface area (Å²) in [5, 5.41) is 12.5. The van der Waals surface area contributed by atoms with Gasteiger partial charge in [0.25, 0.3) is 0 Å². The Morgan fingerprint density at radius 3 is 2.61 bits per heavy atom. The van der Waals surface area contributed by atoms with Crippen molar-refractivity contribution in [3.8, 4) is 0 Å². The van der Waals surface area contributed by atoms with Gasteiger partial charge in [0, 0.05) is 10.6 Å². The molecular formula is C18H15FN4O4S. The fraction of sp³-hybridized carbons (Fsp3) is 0.111. The van der Waals surface area contributed by atoms with Gasteiger partial charge in [-0.3, -0.25) is 9.59 Å². The summed E-state index contributed by atoms with van der Waals surface area (Å²) in [5.74, 6) is -1.50. The smallest absolute Gasteiger partial charge is 0.320 e. The standard InChI is InChI=1S/C18H15FN4O4S/c1-26-15(24)10-28-12-8-6-11(7-9-12)20-16(25)17-22-23-18(27-17)21-14-5-3-2-4-13(14)19/h2-9H,10H2,1H3,(H,20,25)(H,21,23). The molecule has 28 heavy (non-hydrogen) atoms. The van der Waals surface area contributed by atoms with Crippen molar-refractivity contribution in [3.63, 3.8) is 0 Å². The van der Waals surface area contributed by atoms with Crippen LogP contribution in [0.15, 0.2) is 57.8 Å². The van der Waals surface area contributed by atoms with Crippen LogP contribution in [0.5, 0.6) is 0 Å². The average Bonchev–Trinajstić information content (AvgIpc) is 3.17. The van der Waals surface area contributed by atoms with Crippen LogP contribution in [0.3, 0.4) is 0 Å². The van der Waals surface area contributed by atoms with E-state index in [-0.39, 0.29) is 29.3 Å². The van der Waals surface area contributed by atoms with Crippen LogP contribution < -0.4 is 10.6 Å². The number of nitrogens with zero attached hydrogens (tertiary/aromatic N) is 2. The SMILES string of the molecule is COC(=O)CSc1ccc(NC(=O)c2nnc(Nc3ccccc3F)o2)cc1. The highest BCUT2D eigenvalue weighted by Gasteiger charge is 2.16. The molecular weight excluding hydrogens is 387 g/mol. The summed E-state index contributed by atoms with van der Waals surface area (Å²) in [4.78, 5) is 24.2. The van der Waals surface area contributed by atoms with Gasteiger partial charge in [0.1, 0.15) is 5.82 Å². The number of amides is 1. The Labute approximate surface area is 163 Å². The number of hydrogen-bond donors (Lipinski definition) is 2. The first-order chi connectivity index (χ1) is 13.5. The summed E-state index contributed by atoms with van der Waals surface area (Å²) in [6.07, 6.45) is 0. The normalized spacial score (nSPS) is 10.4. The number of rotatable bonds is 7. The lowest BCUT2D eigenvalue weighted by Crippen LogP contribution is -2.12. The summed E-state index contributed by atoms with van der Waals surface area (Å²) in [6, 6.07) is 12.7. The zero-order valence-corrected chi connectivity index (χ0v) is 15.5. The fourth-order valence-electron chi connectivity index (χ4n) is 2.06. The monoisotopic (exact) mass is 402 g/mol. The van der Waals surface area contributed by atoms with Crippen molar-refractivity contribution in [1.29, 1.82) is 0 Å². The minimum Gasteiger partial charge on any atom is -0.468 e. The summed E-state index contributed by atoms with van der Waals surface area (Å²) < 4.78 is 23.4. The van der Waals surface area contributed by atoms with E-state index in [9.17, 15) is 14.0 Å². The van der Waals surface area contributed by atoms with Crippen LogP contribution in [0.4, 0.5) is 21.8 Å². The minimum atomic E-state index is -0.607. The number of benzene rings is 2. The van der Waals surface area contributed by atoms with Crippen LogP contribution >= 0.6 is 11.8 Å². The molecule has 0 aliphatic carbocycles. The van der Waals surface area contributed by atoms with E-state index in [0.29, 0.717) is 5.69 Å². The van der Waals surface area contributed by atoms with Crippen LogP contribution in [0.25, 0.3) is 0 Å². The van der Waals surface area contributed by atoms with Crippen LogP contribution in [-0.4, -0.2) is 34.9 Å². The van der Waals surface area contributed by atoms with Gasteiger partial charge in [-0.25, -0.2) is 4.39 Å². The Kier molecular flexibility index (Phi) is 6.22. The van der Waals surface area contributed by atoms with Gasteiger partial charge < -0.3 is 19.8 Å². The van der Waals surface area contributed by atoms with Crippen molar-refractivity contribution in [2.75, 3.05) is 23.5 Å². The van der Waals surface area contributed by atoms with E-state index in [4.69, 9.17) is 4.42 Å². The van der Waals surface area contributed by atoms with Crippen LogP contribution in [0, 0.1) is 5.82 Å². The van der Waals surface area contributed by atoms with Gasteiger partial charge in [0.05, 0.1) is 18.6 Å². The summed E-state index contributed by atoms with van der Waals surface area (Å²) in [7, 11) is 1.33. The lowest BCUT2D eigenvalue weighted by atomic mass is 10.3. The van der Waals surface area contributed by atoms with E-state index in [1.165, 1.54) is 31.0 Å². The Balaban J connectivity index is 1.58. The molecule has 10 heteroatoms. The molecule has 0 fully saturated rings. The van der Waals surface area contributed by atoms with Gasteiger partial charge in [0.2, 0.25) is 0 Å². The van der Waals surface area contributed by atoms with Gasteiger partial charge in [-0.15, -0.1) is 16.9 Å². The highest BCUT2D eigenvalue weighted by molar-refractivity contribution is 8.00. The molecule has 1 aromatic heterocycles. The predicted octanol–water partition coefficient (Wildman–Crippen LogP) is 3.47. The van der Waals surface area contributed by atoms with Crippen molar-refractivity contribution in [3.05, 3.63) is 60.2 Å². The van der Waals surface area contributed by atoms with Crippen molar-refractivity contribution >= 4 is 41.0 Å². The first kappa shape index (κ1) is 19.4. The zero-order valence-electron chi connectivity index (χ0n) is 14.6. The van der Waals surface area contributed by atoms with Gasteiger partial charge in [-0.1, -0.05) is 17.2 Å². The number of ether oxygens (including phenoxy) is 1. The number of carbonyl (C=O) groups is 2. The summed E-state index contributed by atoms with van der Waals surface area (Å²) in [5.41, 5.74) is 0.660. The Hall–Kier alpha value is -3.40. The third-order valence-corrected chi connectivity index (χ3v) is 4.42. The minimum absolute atomic E-state index is 0.107. The topological polar surface area (TPSA) is 106 Å². The Bertz CT molecular complexity index is 978. The fourth-order valence-corrected chi connectivity index (χ4v) is 2.79. The maximum Gasteiger partial charge on any atom is 0.320 e. The first-order valence-corrected chi connectivity index (χ1v) is 9.00. The van der Waals surface area contributed by atoms with E-state index in [2.05, 4.69) is 25.6 Å². The lowest BCUT2D eigenvalue weighted by Gasteiger charge is -2.04. The van der Waals surface area contributed by atoms with Crippen LogP contribution in [-0.2, 0) is 9.53 Å². The first-order valence-electron chi connectivity index (χ1n) is 8.01. The number of halogens is 1. The van der Waals surface area contributed by atoms with Gasteiger partial charge in [-0.05, 0) is 36.4 Å². The molecule has 0 atom stereocenters. The zero-order chi connectivity index (χ0) is 19.9. The van der Waals surface area contributed by atoms with Gasteiger partial charge in [0.15, 0.2) is 0 Å². The number of thioether (sulfide) groups is 1. The number of esters is 1. The third kappa shape index (κ3) is 5.07. The molecule has 0 radical (unpaired) electrons. The number of methoxy groups -OCH3 is 1. The number of carbonyl (C=O) groups excluding carboxylic acids is 2. The van der Waals surface area contributed by atoms with Crippen molar-refractivity contribution < 1.29 is 23.1 Å². The molecule has 3 aromatic rings. The molecule has 0 aliphatic heterocycles. The molecule has 2 aromatic carbocycles. The molecule has 0 unspecified atom stereocenters. The molecule has 0 saturated heterocycles. The highest BCUT2D eigenvalue weighted by atomic mass is 32.2. The largest absolute Gasteiger partial charge is 0.468 e. The molecule has 0 saturated carbocycles. The maximum atomic E-state index is 13.6. The molecule has 144 valence electrons. The number of nitrogens with one attached hydrogen (secondary N) is 2. The Morgan fingerprint density at radius 1 is 1.14 bits per heavy atom. The number of hydrogen-bond acceptors (Lipinski definition) is 8. The summed E-state index contributed by atoms with van der Waals surface area (Å²) >= 11 is 1.32. The van der Waals surface area contributed by atoms with E-state index in [1.54, 1.807) is 36.4 Å². The van der Waals surface area contributed by atoms with Gasteiger partial charge in [-0.2, -0.15) is 0 Å².